The molecule has 224 valence electrons. The fraction of sp³-hybridized carbons (Fsp3) is 0.0278. The second-order valence-corrected chi connectivity index (χ2v) is 11.5. The number of thioether (sulfide) groups is 1. The summed E-state index contributed by atoms with van der Waals surface area (Å²) in [5, 5.41) is 6.12. The van der Waals surface area contributed by atoms with Crippen LogP contribution in [0.3, 0.4) is 0 Å². The molecular weight excluding hydrogens is 625 g/mol. The molecule has 0 heterocycles. The first-order chi connectivity index (χ1) is 21.9. The summed E-state index contributed by atoms with van der Waals surface area (Å²) in [4.78, 5) is 42.5. The molecule has 5 rings (SSSR count). The molecule has 0 spiro atoms. The number of hydrogen-bond acceptors (Lipinski definition) is 4. The van der Waals surface area contributed by atoms with Gasteiger partial charge in [-0.3, -0.25) is 19.3 Å². The lowest BCUT2D eigenvalue weighted by atomic mass is 10.1. The van der Waals surface area contributed by atoms with Gasteiger partial charge in [0.15, 0.2) is 0 Å². The van der Waals surface area contributed by atoms with Crippen molar-refractivity contribution in [3.05, 3.63) is 160 Å². The van der Waals surface area contributed by atoms with E-state index in [0.29, 0.717) is 21.8 Å². The van der Waals surface area contributed by atoms with E-state index in [1.807, 2.05) is 66.7 Å². The van der Waals surface area contributed by atoms with Gasteiger partial charge in [0.25, 0.3) is 11.8 Å². The Bertz CT molecular complexity index is 1800. The van der Waals surface area contributed by atoms with Crippen molar-refractivity contribution in [2.24, 2.45) is 0 Å². The predicted molar refractivity (Wildman–Crippen MR) is 184 cm³/mol. The molecule has 0 saturated carbocycles. The van der Waals surface area contributed by atoms with Crippen molar-refractivity contribution in [1.29, 1.82) is 0 Å². The second-order valence-electron chi connectivity index (χ2n) is 9.69. The lowest BCUT2D eigenvalue weighted by molar-refractivity contribution is -0.115. The van der Waals surface area contributed by atoms with Crippen LogP contribution in [-0.4, -0.2) is 23.5 Å². The zero-order valence-electron chi connectivity index (χ0n) is 23.8. The van der Waals surface area contributed by atoms with Crippen LogP contribution in [0.25, 0.3) is 6.08 Å². The number of nitrogens with zero attached hydrogens (tertiary/aromatic N) is 1. The summed E-state index contributed by atoms with van der Waals surface area (Å²) in [5.74, 6) is -0.960. The van der Waals surface area contributed by atoms with Crippen molar-refractivity contribution >= 4 is 75.8 Å². The molecule has 0 radical (unpaired) electrons. The fourth-order valence-electron chi connectivity index (χ4n) is 4.39. The molecule has 2 N–H and O–H groups in total. The summed E-state index contributed by atoms with van der Waals surface area (Å²) in [6.45, 7) is 0. The molecule has 6 nitrogen and oxygen atoms in total. The zero-order chi connectivity index (χ0) is 31.6. The average Bonchev–Trinajstić information content (AvgIpc) is 3.07. The van der Waals surface area contributed by atoms with E-state index in [1.165, 1.54) is 17.8 Å². The van der Waals surface area contributed by atoms with E-state index in [0.717, 1.165) is 16.3 Å². The Morgan fingerprint density at radius 1 is 0.711 bits per heavy atom. The third-order valence-electron chi connectivity index (χ3n) is 6.54. The number of carbonyl (C=O) groups is 3. The van der Waals surface area contributed by atoms with Crippen LogP contribution >= 0.6 is 35.0 Å². The minimum Gasteiger partial charge on any atom is -0.321 e. The summed E-state index contributed by atoms with van der Waals surface area (Å²) in [6, 6.07) is 39.7. The molecule has 0 unspecified atom stereocenters. The number of carbonyl (C=O) groups excluding carboxylic acids is 3. The van der Waals surface area contributed by atoms with Gasteiger partial charge in [0.1, 0.15) is 5.70 Å². The number of benzene rings is 5. The van der Waals surface area contributed by atoms with Crippen LogP contribution in [-0.2, 0) is 9.59 Å². The van der Waals surface area contributed by atoms with Crippen LogP contribution in [0.5, 0.6) is 0 Å². The number of halogens is 2. The van der Waals surface area contributed by atoms with Crippen molar-refractivity contribution in [1.82, 2.24) is 5.32 Å². The minimum atomic E-state index is -0.562. The van der Waals surface area contributed by atoms with E-state index < -0.39 is 11.8 Å². The van der Waals surface area contributed by atoms with Crippen LogP contribution < -0.4 is 15.5 Å². The van der Waals surface area contributed by atoms with Crippen LogP contribution in [0.2, 0.25) is 10.0 Å². The molecule has 5 aromatic carbocycles. The SMILES string of the molecule is O=C(Nc1cccc(SCC(=O)N(c2ccccc2)c2ccccc2)c1)/C(=C/c1cccc(Cl)c1Cl)NC(=O)c1ccccc1. The monoisotopic (exact) mass is 651 g/mol. The Hall–Kier alpha value is -4.82. The van der Waals surface area contributed by atoms with Gasteiger partial charge in [-0.2, -0.15) is 0 Å². The standard InChI is InChI=1S/C36H27Cl2N3O3S/c37-31-21-10-14-26(34(31)38)22-32(40-35(43)25-12-4-1-5-13-25)36(44)39-27-15-11-20-30(23-27)45-24-33(42)41(28-16-6-2-7-17-28)29-18-8-3-9-19-29/h1-23H,24H2,(H,39,44)(H,40,43)/b32-22-. The van der Waals surface area contributed by atoms with E-state index in [1.54, 1.807) is 71.6 Å². The molecule has 0 aliphatic carbocycles. The Labute approximate surface area is 275 Å². The van der Waals surface area contributed by atoms with E-state index in [9.17, 15) is 14.4 Å². The third-order valence-corrected chi connectivity index (χ3v) is 8.35. The molecule has 0 saturated heterocycles. The van der Waals surface area contributed by atoms with Crippen LogP contribution in [0.15, 0.2) is 144 Å². The Balaban J connectivity index is 1.33. The van der Waals surface area contributed by atoms with Crippen LogP contribution in [0.4, 0.5) is 17.1 Å². The van der Waals surface area contributed by atoms with Gasteiger partial charge in [0.2, 0.25) is 5.91 Å². The predicted octanol–water partition coefficient (Wildman–Crippen LogP) is 8.86. The first-order valence-corrected chi connectivity index (χ1v) is 15.6. The van der Waals surface area contributed by atoms with Crippen molar-refractivity contribution in [2.75, 3.05) is 16.0 Å². The van der Waals surface area contributed by atoms with Gasteiger partial charge in [-0.1, -0.05) is 96.0 Å². The van der Waals surface area contributed by atoms with Gasteiger partial charge in [-0.05, 0) is 72.3 Å². The van der Waals surface area contributed by atoms with Gasteiger partial charge in [0.05, 0.1) is 15.8 Å². The molecular formula is C36H27Cl2N3O3S. The van der Waals surface area contributed by atoms with E-state index in [-0.39, 0.29) is 22.4 Å². The van der Waals surface area contributed by atoms with E-state index in [4.69, 9.17) is 23.2 Å². The van der Waals surface area contributed by atoms with Crippen LogP contribution in [0, 0.1) is 0 Å². The lowest BCUT2D eigenvalue weighted by Gasteiger charge is -2.23. The number of anilines is 3. The fourth-order valence-corrected chi connectivity index (χ4v) is 5.56. The normalized spacial score (nSPS) is 11.0. The topological polar surface area (TPSA) is 78.5 Å². The number of hydrogen-bond donors (Lipinski definition) is 2. The second kappa shape index (κ2) is 15.3. The molecule has 5 aromatic rings. The first-order valence-electron chi connectivity index (χ1n) is 13.9. The highest BCUT2D eigenvalue weighted by Gasteiger charge is 2.19. The van der Waals surface area contributed by atoms with E-state index in [2.05, 4.69) is 10.6 Å². The van der Waals surface area contributed by atoms with Gasteiger partial charge in [-0.15, -0.1) is 11.8 Å². The zero-order valence-corrected chi connectivity index (χ0v) is 26.2. The van der Waals surface area contributed by atoms with Crippen molar-refractivity contribution in [3.8, 4) is 0 Å². The molecule has 3 amide bonds. The highest BCUT2D eigenvalue weighted by molar-refractivity contribution is 8.00. The average molecular weight is 653 g/mol. The third kappa shape index (κ3) is 8.42. The van der Waals surface area contributed by atoms with Gasteiger partial charge in [-0.25, -0.2) is 0 Å². The molecule has 0 aliphatic heterocycles. The van der Waals surface area contributed by atoms with E-state index >= 15 is 0 Å². The number of rotatable bonds is 10. The Kier molecular flexibility index (Phi) is 10.7. The largest absolute Gasteiger partial charge is 0.321 e. The highest BCUT2D eigenvalue weighted by atomic mass is 35.5. The Morgan fingerprint density at radius 2 is 1.31 bits per heavy atom. The summed E-state index contributed by atoms with van der Waals surface area (Å²) in [6.07, 6.45) is 1.48. The number of para-hydroxylation sites is 2. The van der Waals surface area contributed by atoms with Gasteiger partial charge >= 0.3 is 0 Å². The molecule has 0 aromatic heterocycles. The maximum Gasteiger partial charge on any atom is 0.272 e. The highest BCUT2D eigenvalue weighted by Crippen LogP contribution is 2.29. The van der Waals surface area contributed by atoms with Crippen molar-refractivity contribution < 1.29 is 14.4 Å². The summed E-state index contributed by atoms with van der Waals surface area (Å²) in [7, 11) is 0. The molecule has 0 fully saturated rings. The number of nitrogens with one attached hydrogen (secondary N) is 2. The first kappa shape index (κ1) is 31.6. The van der Waals surface area contributed by atoms with Gasteiger partial charge in [0, 0.05) is 27.5 Å². The molecule has 45 heavy (non-hydrogen) atoms. The summed E-state index contributed by atoms with van der Waals surface area (Å²) in [5.41, 5.74) is 2.85. The minimum absolute atomic E-state index is 0.0254. The van der Waals surface area contributed by atoms with Crippen molar-refractivity contribution in [2.45, 2.75) is 4.90 Å². The Morgan fingerprint density at radius 3 is 1.96 bits per heavy atom. The summed E-state index contributed by atoms with van der Waals surface area (Å²) < 4.78 is 0. The van der Waals surface area contributed by atoms with Gasteiger partial charge < -0.3 is 10.6 Å². The maximum atomic E-state index is 13.5. The molecule has 0 atom stereocenters. The maximum absolute atomic E-state index is 13.5. The molecule has 0 bridgehead atoms. The van der Waals surface area contributed by atoms with Crippen molar-refractivity contribution in [3.63, 3.8) is 0 Å². The molecule has 9 heteroatoms. The summed E-state index contributed by atoms with van der Waals surface area (Å²) >= 11 is 13.9. The quantitative estimate of drug-likeness (QED) is 0.117. The molecule has 0 aliphatic rings. The smallest absolute Gasteiger partial charge is 0.272 e. The van der Waals surface area contributed by atoms with Crippen LogP contribution in [0.1, 0.15) is 15.9 Å². The number of amides is 3. The lowest BCUT2D eigenvalue weighted by Crippen LogP contribution is -2.30.